The summed E-state index contributed by atoms with van der Waals surface area (Å²) in [6, 6.07) is 0. The zero-order valence-corrected chi connectivity index (χ0v) is 4.35. The van der Waals surface area contributed by atoms with Crippen LogP contribution in [0.25, 0.3) is 0 Å². The monoisotopic (exact) mass is 116 g/mol. The number of hydrogen-bond donors (Lipinski definition) is 2. The molecule has 0 aromatic rings. The van der Waals surface area contributed by atoms with Crippen molar-refractivity contribution in [1.29, 1.82) is 0 Å². The average molecular weight is 116 g/mol. The fourth-order valence-electron chi connectivity index (χ4n) is 0.549. The highest BCUT2D eigenvalue weighted by molar-refractivity contribution is 8.23. The Balaban J connectivity index is 2.71. The SMILES string of the molecule is O=[SH]12C=NC=C1N2. The van der Waals surface area contributed by atoms with Gasteiger partial charge in [0.25, 0.3) is 0 Å². The van der Waals surface area contributed by atoms with Crippen LogP contribution in [0.2, 0.25) is 0 Å². The van der Waals surface area contributed by atoms with Gasteiger partial charge in [-0.15, -0.1) is 0 Å². The molecule has 2 rings (SSSR count). The van der Waals surface area contributed by atoms with Gasteiger partial charge in [-0.05, 0) is 0 Å². The summed E-state index contributed by atoms with van der Waals surface area (Å²) < 4.78 is 13.5. The maximum absolute atomic E-state index is 10.8. The summed E-state index contributed by atoms with van der Waals surface area (Å²) in [4.78, 5) is 3.67. The quantitative estimate of drug-likeness (QED) is 0.321. The first-order valence-electron chi connectivity index (χ1n) is 1.94. The number of fused-ring (bicyclic) bond motifs is 1. The predicted octanol–water partition coefficient (Wildman–Crippen LogP) is -0.638. The molecule has 0 aliphatic carbocycles. The first-order valence-corrected chi connectivity index (χ1v) is 3.72. The van der Waals surface area contributed by atoms with Gasteiger partial charge in [0.15, 0.2) is 0 Å². The lowest BCUT2D eigenvalue weighted by Crippen LogP contribution is -1.91. The highest BCUT2D eigenvalue weighted by Gasteiger charge is 2.36. The van der Waals surface area contributed by atoms with Crippen LogP contribution < -0.4 is 4.72 Å². The third-order valence-corrected chi connectivity index (χ3v) is 2.77. The number of thiol groups is 1. The van der Waals surface area contributed by atoms with Gasteiger partial charge >= 0.3 is 0 Å². The molecule has 0 aromatic heterocycles. The zero-order valence-electron chi connectivity index (χ0n) is 3.46. The van der Waals surface area contributed by atoms with Crippen LogP contribution in [0.1, 0.15) is 0 Å². The molecule has 0 aromatic carbocycles. The summed E-state index contributed by atoms with van der Waals surface area (Å²) in [5.41, 5.74) is 1.47. The van der Waals surface area contributed by atoms with E-state index in [1.165, 1.54) is 5.55 Å². The Hall–Kier alpha value is -0.640. The zero-order chi connectivity index (χ0) is 4.91. The lowest BCUT2D eigenvalue weighted by Gasteiger charge is -1.76. The van der Waals surface area contributed by atoms with Gasteiger partial charge in [0.05, 0.1) is 11.7 Å². The van der Waals surface area contributed by atoms with E-state index >= 15 is 0 Å². The standard InChI is InChI=1S/C3H4N2OS/c6-7-2-4-1-3(7)5-7/h1-2,7H,(H,5,6). The molecule has 0 saturated carbocycles. The van der Waals surface area contributed by atoms with Crippen LogP contribution in [0.5, 0.6) is 0 Å². The van der Waals surface area contributed by atoms with Crippen molar-refractivity contribution in [1.82, 2.24) is 4.72 Å². The molecule has 0 atom stereocenters. The molecular weight excluding hydrogens is 112 g/mol. The van der Waals surface area contributed by atoms with Crippen molar-refractivity contribution in [3.63, 3.8) is 0 Å². The lowest BCUT2D eigenvalue weighted by molar-refractivity contribution is 0.690. The molecule has 1 N–H and O–H groups in total. The maximum Gasteiger partial charge on any atom is 0.127 e. The van der Waals surface area contributed by atoms with Gasteiger partial charge in [-0.3, -0.25) is 9.20 Å². The van der Waals surface area contributed by atoms with Crippen molar-refractivity contribution in [2.75, 3.05) is 0 Å². The Morgan fingerprint density at radius 3 is 2.86 bits per heavy atom. The Labute approximate surface area is 41.7 Å². The molecule has 1 saturated heterocycles. The Bertz CT molecular complexity index is 217. The highest BCUT2D eigenvalue weighted by atomic mass is 32.3. The van der Waals surface area contributed by atoms with Crippen LogP contribution in [0.3, 0.4) is 0 Å². The van der Waals surface area contributed by atoms with Crippen molar-refractivity contribution >= 4 is 15.7 Å². The van der Waals surface area contributed by atoms with Crippen molar-refractivity contribution < 1.29 is 4.21 Å². The first-order chi connectivity index (χ1) is 3.31. The van der Waals surface area contributed by atoms with Gasteiger partial charge in [-0.1, -0.05) is 0 Å². The Morgan fingerprint density at radius 1 is 1.86 bits per heavy atom. The smallest absolute Gasteiger partial charge is 0.127 e. The molecule has 7 heavy (non-hydrogen) atoms. The fraction of sp³-hybridized carbons (Fsp3) is 0. The molecule has 2 heterocycles. The molecule has 0 amide bonds. The van der Waals surface area contributed by atoms with Gasteiger partial charge in [-0.25, -0.2) is 0 Å². The van der Waals surface area contributed by atoms with Gasteiger partial charge in [0.1, 0.15) is 5.03 Å². The second-order valence-electron chi connectivity index (χ2n) is 1.55. The highest BCUT2D eigenvalue weighted by Crippen LogP contribution is 2.29. The molecule has 3 nitrogen and oxygen atoms in total. The van der Waals surface area contributed by atoms with Crippen LogP contribution in [-0.4, -0.2) is 9.76 Å². The summed E-state index contributed by atoms with van der Waals surface area (Å²) in [6.45, 7) is 0. The Kier molecular flexibility index (Phi) is 0.321. The maximum atomic E-state index is 10.8. The van der Waals surface area contributed by atoms with Gasteiger partial charge in [0, 0.05) is 10.1 Å². The molecule has 2 aliphatic rings. The van der Waals surface area contributed by atoms with Crippen LogP contribution in [0, 0.1) is 0 Å². The molecular formula is C3H4N2OS. The second kappa shape index (κ2) is 0.667. The first kappa shape index (κ1) is 3.37. The molecule has 38 valence electrons. The topological polar surface area (TPSA) is 51.4 Å². The number of hydrogen-bond acceptors (Lipinski definition) is 2. The van der Waals surface area contributed by atoms with Crippen molar-refractivity contribution in [2.24, 2.45) is 4.99 Å². The Morgan fingerprint density at radius 2 is 2.71 bits per heavy atom. The van der Waals surface area contributed by atoms with E-state index in [4.69, 9.17) is 0 Å². The molecule has 0 bridgehead atoms. The fourth-order valence-corrected chi connectivity index (χ4v) is 1.87. The number of rotatable bonds is 0. The van der Waals surface area contributed by atoms with E-state index in [-0.39, 0.29) is 0 Å². The second-order valence-corrected chi connectivity index (χ2v) is 3.80. The van der Waals surface area contributed by atoms with Crippen molar-refractivity contribution in [2.45, 2.75) is 0 Å². The van der Waals surface area contributed by atoms with Crippen LogP contribution >= 0.6 is 0 Å². The van der Waals surface area contributed by atoms with E-state index in [1.54, 1.807) is 6.20 Å². The number of nitrogens with zero attached hydrogens (tertiary/aromatic N) is 1. The molecule has 1 fully saturated rings. The molecule has 0 spiro atoms. The van der Waals surface area contributed by atoms with Crippen molar-refractivity contribution in [3.05, 3.63) is 11.2 Å². The van der Waals surface area contributed by atoms with Crippen molar-refractivity contribution in [3.8, 4) is 0 Å². The minimum Gasteiger partial charge on any atom is -0.309 e. The van der Waals surface area contributed by atoms with Gasteiger partial charge < -0.3 is 4.72 Å². The number of nitrogens with one attached hydrogen (secondary N) is 1. The summed E-state index contributed by atoms with van der Waals surface area (Å²) in [6.07, 6.45) is 1.60. The van der Waals surface area contributed by atoms with E-state index in [0.717, 1.165) is 5.03 Å². The van der Waals surface area contributed by atoms with E-state index < -0.39 is 10.1 Å². The normalized spacial score (nSPS) is 32.9. The summed E-state index contributed by atoms with van der Waals surface area (Å²) in [5.74, 6) is 0. The molecule has 4 heteroatoms. The molecule has 0 unspecified atom stereocenters. The largest absolute Gasteiger partial charge is 0.309 e. The summed E-state index contributed by atoms with van der Waals surface area (Å²) in [7, 11) is -2.06. The van der Waals surface area contributed by atoms with Gasteiger partial charge in [0.2, 0.25) is 0 Å². The third-order valence-electron chi connectivity index (χ3n) is 1.01. The van der Waals surface area contributed by atoms with Gasteiger partial charge in [-0.2, -0.15) is 0 Å². The molecule has 2 aliphatic heterocycles. The van der Waals surface area contributed by atoms with E-state index in [0.29, 0.717) is 0 Å². The number of aliphatic imine (C=N–C) groups is 1. The van der Waals surface area contributed by atoms with Crippen LogP contribution in [0.4, 0.5) is 0 Å². The van der Waals surface area contributed by atoms with Crippen LogP contribution in [-0.2, 0) is 10.1 Å². The predicted molar refractivity (Wildman–Crippen MR) is 29.2 cm³/mol. The minimum absolute atomic E-state index is 0.813. The summed E-state index contributed by atoms with van der Waals surface area (Å²) in [5, 5.41) is 0.813. The van der Waals surface area contributed by atoms with E-state index in [1.807, 2.05) is 0 Å². The van der Waals surface area contributed by atoms with Crippen LogP contribution in [0.15, 0.2) is 16.2 Å². The molecule has 0 radical (unpaired) electrons. The summed E-state index contributed by atoms with van der Waals surface area (Å²) >= 11 is 0. The van der Waals surface area contributed by atoms with E-state index in [2.05, 4.69) is 9.71 Å². The minimum atomic E-state index is -2.06. The lowest BCUT2D eigenvalue weighted by atomic mass is 10.9. The van der Waals surface area contributed by atoms with E-state index in [9.17, 15) is 4.21 Å². The third kappa shape index (κ3) is 0.256. The average Bonchev–Trinajstić information content (AvgIpc) is 2.09.